The summed E-state index contributed by atoms with van der Waals surface area (Å²) in [5.74, 6) is 3.72. The van der Waals surface area contributed by atoms with Crippen LogP contribution in [-0.4, -0.2) is 24.1 Å². The predicted molar refractivity (Wildman–Crippen MR) is 62.4 cm³/mol. The Bertz CT molecular complexity index is 121. The number of nitrogens with one attached hydrogen (secondary N) is 1. The van der Waals surface area contributed by atoms with E-state index in [2.05, 4.69) is 30.9 Å². The van der Waals surface area contributed by atoms with Crippen molar-refractivity contribution in [2.75, 3.05) is 18.1 Å². The van der Waals surface area contributed by atoms with Gasteiger partial charge in [-0.05, 0) is 38.0 Å². The molecule has 0 heterocycles. The zero-order valence-electron chi connectivity index (χ0n) is 9.01. The second-order valence-corrected chi connectivity index (χ2v) is 5.22. The molecule has 0 radical (unpaired) electrons. The highest BCUT2D eigenvalue weighted by Crippen LogP contribution is 2.27. The van der Waals surface area contributed by atoms with Crippen molar-refractivity contribution in [3.63, 3.8) is 0 Å². The third-order valence-corrected chi connectivity index (χ3v) is 4.19. The first-order valence-electron chi connectivity index (χ1n) is 5.64. The van der Waals surface area contributed by atoms with E-state index in [1.807, 2.05) is 0 Å². The Morgan fingerprint density at radius 2 is 2.08 bits per heavy atom. The molecule has 0 aromatic rings. The Labute approximate surface area is 87.1 Å². The van der Waals surface area contributed by atoms with E-state index in [-0.39, 0.29) is 0 Å². The van der Waals surface area contributed by atoms with E-state index in [1.165, 1.54) is 37.2 Å². The fraction of sp³-hybridized carbons (Fsp3) is 1.00. The Hall–Kier alpha value is 0.310. The lowest BCUT2D eigenvalue weighted by molar-refractivity contribution is 0.609. The van der Waals surface area contributed by atoms with Crippen LogP contribution >= 0.6 is 11.8 Å². The molecule has 1 rings (SSSR count). The summed E-state index contributed by atoms with van der Waals surface area (Å²) in [5.41, 5.74) is 0. The van der Waals surface area contributed by atoms with Crippen molar-refractivity contribution in [2.45, 2.75) is 45.6 Å². The molecule has 1 fully saturated rings. The van der Waals surface area contributed by atoms with Crippen LogP contribution < -0.4 is 5.32 Å². The maximum atomic E-state index is 3.45. The minimum Gasteiger partial charge on any atom is -0.314 e. The first-order valence-corrected chi connectivity index (χ1v) is 6.79. The molecule has 0 bridgehead atoms. The van der Waals surface area contributed by atoms with E-state index < -0.39 is 0 Å². The van der Waals surface area contributed by atoms with Crippen molar-refractivity contribution in [1.29, 1.82) is 0 Å². The molecule has 1 aliphatic carbocycles. The minimum absolute atomic E-state index is 0.691. The van der Waals surface area contributed by atoms with E-state index in [0.717, 1.165) is 12.5 Å². The van der Waals surface area contributed by atoms with Crippen molar-refractivity contribution in [2.24, 2.45) is 5.92 Å². The maximum Gasteiger partial charge on any atom is 0.0129 e. The third kappa shape index (κ3) is 4.92. The fourth-order valence-electron chi connectivity index (χ4n) is 2.00. The monoisotopic (exact) mass is 201 g/mol. The van der Waals surface area contributed by atoms with Gasteiger partial charge in [-0.2, -0.15) is 11.8 Å². The van der Waals surface area contributed by atoms with Crippen LogP contribution in [0, 0.1) is 5.92 Å². The van der Waals surface area contributed by atoms with Crippen LogP contribution in [0.25, 0.3) is 0 Å². The van der Waals surface area contributed by atoms with Crippen LogP contribution in [-0.2, 0) is 0 Å². The highest BCUT2D eigenvalue weighted by Gasteiger charge is 2.14. The van der Waals surface area contributed by atoms with Crippen molar-refractivity contribution in [1.82, 2.24) is 5.32 Å². The number of thioether (sulfide) groups is 1. The number of hydrogen-bond donors (Lipinski definition) is 1. The lowest BCUT2D eigenvalue weighted by atomic mass is 10.1. The molecular weight excluding hydrogens is 178 g/mol. The summed E-state index contributed by atoms with van der Waals surface area (Å²) < 4.78 is 0. The summed E-state index contributed by atoms with van der Waals surface area (Å²) in [6.45, 7) is 5.56. The highest BCUT2D eigenvalue weighted by atomic mass is 32.2. The van der Waals surface area contributed by atoms with E-state index in [1.54, 1.807) is 0 Å². The van der Waals surface area contributed by atoms with E-state index >= 15 is 0 Å². The standard InChI is InChI=1S/C11H23NS/c1-3-12-10(2)8-13-9-11-6-4-5-7-11/h10-12H,3-9H2,1-2H3. The van der Waals surface area contributed by atoms with Crippen LogP contribution in [0.5, 0.6) is 0 Å². The molecule has 1 nitrogen and oxygen atoms in total. The van der Waals surface area contributed by atoms with Gasteiger partial charge < -0.3 is 5.32 Å². The molecule has 13 heavy (non-hydrogen) atoms. The molecule has 0 spiro atoms. The molecule has 1 atom stereocenters. The summed E-state index contributed by atoms with van der Waals surface area (Å²) in [5, 5.41) is 3.45. The first-order chi connectivity index (χ1) is 6.33. The molecule has 2 heteroatoms. The lowest BCUT2D eigenvalue weighted by Gasteiger charge is -2.13. The van der Waals surface area contributed by atoms with E-state index in [0.29, 0.717) is 6.04 Å². The third-order valence-electron chi connectivity index (χ3n) is 2.75. The topological polar surface area (TPSA) is 12.0 Å². The smallest absolute Gasteiger partial charge is 0.0129 e. The fourth-order valence-corrected chi connectivity index (χ4v) is 3.27. The van der Waals surface area contributed by atoms with Gasteiger partial charge in [-0.15, -0.1) is 0 Å². The molecule has 1 N–H and O–H groups in total. The van der Waals surface area contributed by atoms with Crippen LogP contribution in [0.2, 0.25) is 0 Å². The van der Waals surface area contributed by atoms with E-state index in [4.69, 9.17) is 0 Å². The van der Waals surface area contributed by atoms with Crippen molar-refractivity contribution in [3.05, 3.63) is 0 Å². The van der Waals surface area contributed by atoms with Crippen LogP contribution in [0.4, 0.5) is 0 Å². The molecule has 1 aliphatic rings. The van der Waals surface area contributed by atoms with Gasteiger partial charge in [0.15, 0.2) is 0 Å². The predicted octanol–water partition coefficient (Wildman–Crippen LogP) is 2.91. The molecule has 0 amide bonds. The van der Waals surface area contributed by atoms with Gasteiger partial charge in [-0.1, -0.05) is 19.8 Å². The van der Waals surface area contributed by atoms with Crippen molar-refractivity contribution in [3.8, 4) is 0 Å². The van der Waals surface area contributed by atoms with Gasteiger partial charge >= 0.3 is 0 Å². The lowest BCUT2D eigenvalue weighted by Crippen LogP contribution is -2.28. The first kappa shape index (κ1) is 11.4. The SMILES string of the molecule is CCNC(C)CSCC1CCCC1. The van der Waals surface area contributed by atoms with Gasteiger partial charge in [0.2, 0.25) is 0 Å². The second kappa shape index (κ2) is 6.72. The Morgan fingerprint density at radius 3 is 2.69 bits per heavy atom. The molecule has 78 valence electrons. The average molecular weight is 201 g/mol. The van der Waals surface area contributed by atoms with Crippen LogP contribution in [0.15, 0.2) is 0 Å². The molecule has 1 saturated carbocycles. The van der Waals surface area contributed by atoms with Crippen LogP contribution in [0.1, 0.15) is 39.5 Å². The summed E-state index contributed by atoms with van der Waals surface area (Å²) >= 11 is 2.14. The summed E-state index contributed by atoms with van der Waals surface area (Å²) in [7, 11) is 0. The van der Waals surface area contributed by atoms with Gasteiger partial charge in [-0.3, -0.25) is 0 Å². The maximum absolute atomic E-state index is 3.45. The summed E-state index contributed by atoms with van der Waals surface area (Å²) in [6, 6.07) is 0.691. The zero-order valence-corrected chi connectivity index (χ0v) is 9.83. The molecule has 0 aromatic heterocycles. The second-order valence-electron chi connectivity index (χ2n) is 4.15. The molecule has 0 aliphatic heterocycles. The minimum atomic E-state index is 0.691. The zero-order chi connectivity index (χ0) is 9.52. The Kier molecular flexibility index (Phi) is 5.88. The average Bonchev–Trinajstić information content (AvgIpc) is 2.57. The summed E-state index contributed by atoms with van der Waals surface area (Å²) in [6.07, 6.45) is 5.94. The number of rotatable bonds is 6. The molecule has 0 saturated heterocycles. The van der Waals surface area contributed by atoms with Gasteiger partial charge in [0, 0.05) is 11.8 Å². The van der Waals surface area contributed by atoms with Crippen molar-refractivity contribution >= 4 is 11.8 Å². The van der Waals surface area contributed by atoms with Gasteiger partial charge in [0.05, 0.1) is 0 Å². The molecule has 1 unspecified atom stereocenters. The largest absolute Gasteiger partial charge is 0.314 e. The van der Waals surface area contributed by atoms with E-state index in [9.17, 15) is 0 Å². The summed E-state index contributed by atoms with van der Waals surface area (Å²) in [4.78, 5) is 0. The quantitative estimate of drug-likeness (QED) is 0.709. The van der Waals surface area contributed by atoms with Crippen molar-refractivity contribution < 1.29 is 0 Å². The highest BCUT2D eigenvalue weighted by molar-refractivity contribution is 7.99. The normalized spacial score (nSPS) is 20.8. The van der Waals surface area contributed by atoms with Crippen LogP contribution in [0.3, 0.4) is 0 Å². The Morgan fingerprint density at radius 1 is 1.38 bits per heavy atom. The molecule has 0 aromatic carbocycles. The van der Waals surface area contributed by atoms with Gasteiger partial charge in [0.1, 0.15) is 0 Å². The number of hydrogen-bond acceptors (Lipinski definition) is 2. The van der Waals surface area contributed by atoms with Gasteiger partial charge in [-0.25, -0.2) is 0 Å². The molecular formula is C11H23NS. The Balaban J connectivity index is 1.93. The van der Waals surface area contributed by atoms with Gasteiger partial charge in [0.25, 0.3) is 0 Å².